The largest absolute Gasteiger partial charge is 0.495 e. The standard InChI is InChI=1S/C12H13Cl2NO3/c1-17-11-6-7(13)9(5-8(11)14)15-12(16)10-3-2-4-18-10/h5-6,10H,2-4H2,1H3,(H,15,16). The van der Waals surface area contributed by atoms with Gasteiger partial charge < -0.3 is 14.8 Å². The summed E-state index contributed by atoms with van der Waals surface area (Å²) < 4.78 is 10.3. The average Bonchev–Trinajstić information content (AvgIpc) is 2.87. The smallest absolute Gasteiger partial charge is 0.253 e. The molecule has 0 bridgehead atoms. The molecule has 18 heavy (non-hydrogen) atoms. The second-order valence-corrected chi connectivity index (χ2v) is 4.77. The minimum Gasteiger partial charge on any atom is -0.495 e. The van der Waals surface area contributed by atoms with Crippen LogP contribution in [0.5, 0.6) is 5.75 Å². The molecule has 1 aliphatic rings. The summed E-state index contributed by atoms with van der Waals surface area (Å²) in [7, 11) is 1.50. The van der Waals surface area contributed by atoms with E-state index in [0.29, 0.717) is 28.1 Å². The molecule has 0 spiro atoms. The minimum atomic E-state index is -0.401. The lowest BCUT2D eigenvalue weighted by molar-refractivity contribution is -0.124. The molecular weight excluding hydrogens is 277 g/mol. The van der Waals surface area contributed by atoms with Crippen molar-refractivity contribution in [3.05, 3.63) is 22.2 Å². The summed E-state index contributed by atoms with van der Waals surface area (Å²) >= 11 is 12.0. The molecule has 0 aromatic heterocycles. The second-order valence-electron chi connectivity index (χ2n) is 3.96. The summed E-state index contributed by atoms with van der Waals surface area (Å²) in [5.74, 6) is 0.271. The van der Waals surface area contributed by atoms with Crippen LogP contribution < -0.4 is 10.1 Å². The van der Waals surface area contributed by atoms with Gasteiger partial charge in [-0.3, -0.25) is 4.79 Å². The number of ether oxygens (including phenoxy) is 2. The van der Waals surface area contributed by atoms with Crippen molar-refractivity contribution in [1.29, 1.82) is 0 Å². The van der Waals surface area contributed by atoms with E-state index >= 15 is 0 Å². The van der Waals surface area contributed by atoms with Crippen LogP contribution in [0.3, 0.4) is 0 Å². The molecule has 6 heteroatoms. The Labute approximate surface area is 115 Å². The van der Waals surface area contributed by atoms with E-state index in [2.05, 4.69) is 5.32 Å². The van der Waals surface area contributed by atoms with Crippen molar-refractivity contribution in [2.75, 3.05) is 19.0 Å². The van der Waals surface area contributed by atoms with Gasteiger partial charge in [0.2, 0.25) is 0 Å². The molecule has 1 heterocycles. The van der Waals surface area contributed by atoms with Gasteiger partial charge in [-0.1, -0.05) is 23.2 Å². The van der Waals surface area contributed by atoms with Crippen molar-refractivity contribution in [3.8, 4) is 5.75 Å². The molecule has 0 radical (unpaired) electrons. The number of hydrogen-bond acceptors (Lipinski definition) is 3. The van der Waals surface area contributed by atoms with Crippen LogP contribution in [0.25, 0.3) is 0 Å². The first kappa shape index (κ1) is 13.5. The number of hydrogen-bond donors (Lipinski definition) is 1. The Kier molecular flexibility index (Phi) is 4.32. The number of carbonyl (C=O) groups is 1. The van der Waals surface area contributed by atoms with Crippen LogP contribution in [0.2, 0.25) is 10.0 Å². The van der Waals surface area contributed by atoms with E-state index < -0.39 is 6.10 Å². The van der Waals surface area contributed by atoms with E-state index in [1.807, 2.05) is 0 Å². The number of anilines is 1. The van der Waals surface area contributed by atoms with E-state index in [1.165, 1.54) is 7.11 Å². The Bertz CT molecular complexity index is 459. The average molecular weight is 290 g/mol. The number of benzene rings is 1. The number of carbonyl (C=O) groups excluding carboxylic acids is 1. The summed E-state index contributed by atoms with van der Waals surface area (Å²) in [6.07, 6.45) is 1.23. The van der Waals surface area contributed by atoms with Crippen LogP contribution in [-0.2, 0) is 9.53 Å². The second kappa shape index (κ2) is 5.78. The third-order valence-electron chi connectivity index (χ3n) is 2.72. The fourth-order valence-corrected chi connectivity index (χ4v) is 2.22. The van der Waals surface area contributed by atoms with E-state index in [9.17, 15) is 4.79 Å². The number of rotatable bonds is 3. The van der Waals surface area contributed by atoms with E-state index in [1.54, 1.807) is 12.1 Å². The monoisotopic (exact) mass is 289 g/mol. The van der Waals surface area contributed by atoms with Crippen molar-refractivity contribution in [2.45, 2.75) is 18.9 Å². The first-order valence-electron chi connectivity index (χ1n) is 5.57. The topological polar surface area (TPSA) is 47.6 Å². The number of nitrogens with one attached hydrogen (secondary N) is 1. The summed E-state index contributed by atoms with van der Waals surface area (Å²) in [5.41, 5.74) is 0.461. The maximum Gasteiger partial charge on any atom is 0.253 e. The van der Waals surface area contributed by atoms with Crippen LogP contribution in [0.15, 0.2) is 12.1 Å². The molecule has 1 saturated heterocycles. The number of amides is 1. The Hall–Kier alpha value is -0.970. The maximum absolute atomic E-state index is 11.9. The lowest BCUT2D eigenvalue weighted by atomic mass is 10.2. The molecule has 98 valence electrons. The normalized spacial score (nSPS) is 18.7. The molecule has 1 amide bonds. The molecule has 1 fully saturated rings. The summed E-state index contributed by atoms with van der Waals surface area (Å²) in [6, 6.07) is 3.13. The highest BCUT2D eigenvalue weighted by atomic mass is 35.5. The molecule has 1 unspecified atom stereocenters. The van der Waals surface area contributed by atoms with Crippen LogP contribution in [0.4, 0.5) is 5.69 Å². The molecule has 1 aromatic rings. The van der Waals surface area contributed by atoms with E-state index in [4.69, 9.17) is 32.7 Å². The Morgan fingerprint density at radius 3 is 2.83 bits per heavy atom. The fourth-order valence-electron chi connectivity index (χ4n) is 1.78. The van der Waals surface area contributed by atoms with E-state index in [0.717, 1.165) is 12.8 Å². The fraction of sp³-hybridized carbons (Fsp3) is 0.417. The zero-order valence-electron chi connectivity index (χ0n) is 9.83. The molecule has 1 atom stereocenters. The molecular formula is C12H13Cl2NO3. The predicted octanol–water partition coefficient (Wildman–Crippen LogP) is 3.12. The number of methoxy groups -OCH3 is 1. The molecule has 0 saturated carbocycles. The molecule has 1 N–H and O–H groups in total. The van der Waals surface area contributed by atoms with Gasteiger partial charge >= 0.3 is 0 Å². The first-order valence-corrected chi connectivity index (χ1v) is 6.33. The molecule has 0 aliphatic carbocycles. The lowest BCUT2D eigenvalue weighted by Crippen LogP contribution is -2.26. The molecule has 1 aromatic carbocycles. The van der Waals surface area contributed by atoms with E-state index in [-0.39, 0.29) is 5.91 Å². The van der Waals surface area contributed by atoms with Gasteiger partial charge in [-0.15, -0.1) is 0 Å². The van der Waals surface area contributed by atoms with Gasteiger partial charge in [0.15, 0.2) is 0 Å². The highest BCUT2D eigenvalue weighted by Crippen LogP contribution is 2.34. The Balaban J connectivity index is 2.13. The van der Waals surface area contributed by atoms with Crippen molar-refractivity contribution < 1.29 is 14.3 Å². The highest BCUT2D eigenvalue weighted by molar-refractivity contribution is 6.36. The minimum absolute atomic E-state index is 0.198. The summed E-state index contributed by atoms with van der Waals surface area (Å²) in [4.78, 5) is 11.9. The third-order valence-corrected chi connectivity index (χ3v) is 3.33. The lowest BCUT2D eigenvalue weighted by Gasteiger charge is -2.13. The molecule has 4 nitrogen and oxygen atoms in total. The third kappa shape index (κ3) is 2.88. The maximum atomic E-state index is 11.9. The molecule has 2 rings (SSSR count). The van der Waals surface area contributed by atoms with Gasteiger partial charge in [0.1, 0.15) is 11.9 Å². The zero-order valence-corrected chi connectivity index (χ0v) is 11.3. The Morgan fingerprint density at radius 1 is 1.44 bits per heavy atom. The first-order chi connectivity index (χ1) is 8.61. The Morgan fingerprint density at radius 2 is 2.22 bits per heavy atom. The zero-order chi connectivity index (χ0) is 13.1. The van der Waals surface area contributed by atoms with Crippen molar-refractivity contribution in [1.82, 2.24) is 0 Å². The summed E-state index contributed by atoms with van der Waals surface area (Å²) in [6.45, 7) is 0.620. The highest BCUT2D eigenvalue weighted by Gasteiger charge is 2.24. The van der Waals surface area contributed by atoms with Gasteiger partial charge in [0.25, 0.3) is 5.91 Å². The van der Waals surface area contributed by atoms with Gasteiger partial charge in [-0.2, -0.15) is 0 Å². The van der Waals surface area contributed by atoms with Crippen LogP contribution in [0, 0.1) is 0 Å². The van der Waals surface area contributed by atoms with Crippen LogP contribution >= 0.6 is 23.2 Å². The predicted molar refractivity (Wildman–Crippen MR) is 70.6 cm³/mol. The van der Waals surface area contributed by atoms with Gasteiger partial charge in [0.05, 0.1) is 22.8 Å². The SMILES string of the molecule is COc1cc(Cl)c(NC(=O)C2CCCO2)cc1Cl. The quantitative estimate of drug-likeness (QED) is 0.930. The molecule has 1 aliphatic heterocycles. The van der Waals surface area contributed by atoms with Crippen molar-refractivity contribution >= 4 is 34.8 Å². The van der Waals surface area contributed by atoms with Gasteiger partial charge in [-0.05, 0) is 18.9 Å². The van der Waals surface area contributed by atoms with Crippen molar-refractivity contribution in [3.63, 3.8) is 0 Å². The van der Waals surface area contributed by atoms with Crippen LogP contribution in [-0.4, -0.2) is 25.7 Å². The van der Waals surface area contributed by atoms with Gasteiger partial charge in [0, 0.05) is 12.7 Å². The van der Waals surface area contributed by atoms with Crippen LogP contribution in [0.1, 0.15) is 12.8 Å². The van der Waals surface area contributed by atoms with Gasteiger partial charge in [-0.25, -0.2) is 0 Å². The number of halogens is 2. The van der Waals surface area contributed by atoms with Crippen molar-refractivity contribution in [2.24, 2.45) is 0 Å². The summed E-state index contributed by atoms with van der Waals surface area (Å²) in [5, 5.41) is 3.48.